The third kappa shape index (κ3) is 5.00. The van der Waals surface area contributed by atoms with Crippen LogP contribution in [0.2, 0.25) is 0 Å². The smallest absolute Gasteiger partial charge is 0.254 e. The van der Waals surface area contributed by atoms with Crippen molar-refractivity contribution in [2.75, 3.05) is 12.3 Å². The molecule has 0 saturated carbocycles. The fourth-order valence-electron chi connectivity index (χ4n) is 2.88. The largest absolute Gasteiger partial charge is 0.399 e. The van der Waals surface area contributed by atoms with E-state index in [1.54, 1.807) is 12.1 Å². The number of nitrogens with zero attached hydrogens (tertiary/aromatic N) is 1. The highest BCUT2D eigenvalue weighted by molar-refractivity contribution is 5.95. The molecule has 3 nitrogen and oxygen atoms in total. The van der Waals surface area contributed by atoms with Gasteiger partial charge in [-0.3, -0.25) is 4.79 Å². The molecule has 0 aliphatic heterocycles. The van der Waals surface area contributed by atoms with E-state index in [9.17, 15) is 4.79 Å². The number of carbonyl (C=O) groups excluding carboxylic acids is 1. The first-order valence-electron chi connectivity index (χ1n) is 8.27. The summed E-state index contributed by atoms with van der Waals surface area (Å²) in [5.74, 6) is 0.0544. The number of benzene rings is 2. The third-order valence-corrected chi connectivity index (χ3v) is 4.24. The van der Waals surface area contributed by atoms with Crippen molar-refractivity contribution in [3.05, 3.63) is 65.2 Å². The Labute approximate surface area is 151 Å². The first kappa shape index (κ1) is 20.0. The van der Waals surface area contributed by atoms with E-state index in [1.165, 1.54) is 11.1 Å². The van der Waals surface area contributed by atoms with Crippen LogP contribution in [0.15, 0.2) is 48.5 Å². The van der Waals surface area contributed by atoms with Crippen LogP contribution in [0, 0.1) is 6.92 Å². The molecule has 2 aromatic rings. The maximum absolute atomic E-state index is 12.8. The zero-order valence-electron chi connectivity index (χ0n) is 14.7. The molecular weight excluding hydrogens is 320 g/mol. The number of hydrogen-bond donors (Lipinski definition) is 1. The number of aryl methyl sites for hydroxylation is 1. The molecule has 0 aliphatic carbocycles. The Morgan fingerprint density at radius 1 is 1.12 bits per heavy atom. The molecule has 2 N–H and O–H groups in total. The van der Waals surface area contributed by atoms with Gasteiger partial charge in [-0.15, -0.1) is 12.4 Å². The molecule has 0 aliphatic rings. The van der Waals surface area contributed by atoms with Gasteiger partial charge < -0.3 is 10.6 Å². The van der Waals surface area contributed by atoms with Crippen molar-refractivity contribution in [3.8, 4) is 0 Å². The van der Waals surface area contributed by atoms with Crippen molar-refractivity contribution < 1.29 is 4.79 Å². The molecule has 0 spiro atoms. The summed E-state index contributed by atoms with van der Waals surface area (Å²) in [5, 5.41) is 0. The number of carbonyl (C=O) groups is 1. The van der Waals surface area contributed by atoms with Gasteiger partial charge in [0.1, 0.15) is 0 Å². The van der Waals surface area contributed by atoms with E-state index in [0.29, 0.717) is 17.8 Å². The van der Waals surface area contributed by atoms with E-state index in [4.69, 9.17) is 5.73 Å². The second-order valence-corrected chi connectivity index (χ2v) is 5.97. The molecule has 1 amide bonds. The highest BCUT2D eigenvalue weighted by atomic mass is 35.5. The van der Waals surface area contributed by atoms with Crippen molar-refractivity contribution in [2.24, 2.45) is 0 Å². The van der Waals surface area contributed by atoms with Crippen molar-refractivity contribution in [2.45, 2.75) is 39.7 Å². The second kappa shape index (κ2) is 9.33. The summed E-state index contributed by atoms with van der Waals surface area (Å²) in [6, 6.07) is 16.0. The first-order chi connectivity index (χ1) is 11.0. The molecule has 1 atom stereocenters. The van der Waals surface area contributed by atoms with Gasteiger partial charge in [0.15, 0.2) is 0 Å². The van der Waals surface area contributed by atoms with Gasteiger partial charge >= 0.3 is 0 Å². The minimum atomic E-state index is 0. The summed E-state index contributed by atoms with van der Waals surface area (Å²) in [6.45, 7) is 6.94. The number of nitrogens with two attached hydrogens (primary N) is 1. The lowest BCUT2D eigenvalue weighted by Crippen LogP contribution is -2.41. The molecule has 1 unspecified atom stereocenters. The Balaban J connectivity index is 0.00000288. The maximum atomic E-state index is 12.8. The van der Waals surface area contributed by atoms with Crippen LogP contribution in [0.4, 0.5) is 5.69 Å². The predicted octanol–water partition coefficient (Wildman–Crippen LogP) is 4.48. The summed E-state index contributed by atoms with van der Waals surface area (Å²) in [4.78, 5) is 14.8. The highest BCUT2D eigenvalue weighted by Crippen LogP contribution is 2.17. The molecule has 24 heavy (non-hydrogen) atoms. The van der Waals surface area contributed by atoms with Crippen molar-refractivity contribution >= 4 is 24.0 Å². The van der Waals surface area contributed by atoms with E-state index in [2.05, 4.69) is 38.1 Å². The number of hydrogen-bond acceptors (Lipinski definition) is 2. The van der Waals surface area contributed by atoms with Gasteiger partial charge in [0.25, 0.3) is 5.91 Å². The Hall–Kier alpha value is -2.00. The predicted molar refractivity (Wildman–Crippen MR) is 104 cm³/mol. The molecule has 2 rings (SSSR count). The molecule has 0 bridgehead atoms. The molecule has 2 aromatic carbocycles. The minimum Gasteiger partial charge on any atom is -0.399 e. The SMILES string of the molecule is CCC(Cc1ccc(C)cc1)N(CC)C(=O)c1cccc(N)c1.Cl. The molecule has 0 radical (unpaired) electrons. The van der Waals surface area contributed by atoms with Gasteiger partial charge in [0.2, 0.25) is 0 Å². The highest BCUT2D eigenvalue weighted by Gasteiger charge is 2.22. The summed E-state index contributed by atoms with van der Waals surface area (Å²) < 4.78 is 0. The van der Waals surface area contributed by atoms with E-state index >= 15 is 0 Å². The first-order valence-corrected chi connectivity index (χ1v) is 8.27. The van der Waals surface area contributed by atoms with Crippen molar-refractivity contribution in [1.29, 1.82) is 0 Å². The van der Waals surface area contributed by atoms with Crippen LogP contribution < -0.4 is 5.73 Å². The molecule has 0 aromatic heterocycles. The number of rotatable bonds is 6. The van der Waals surface area contributed by atoms with Crippen LogP contribution in [0.3, 0.4) is 0 Å². The van der Waals surface area contributed by atoms with Crippen molar-refractivity contribution in [1.82, 2.24) is 4.90 Å². The quantitative estimate of drug-likeness (QED) is 0.784. The second-order valence-electron chi connectivity index (χ2n) is 5.97. The Kier molecular flexibility index (Phi) is 7.80. The lowest BCUT2D eigenvalue weighted by molar-refractivity contribution is 0.0684. The number of amides is 1. The van der Waals surface area contributed by atoms with E-state index in [1.807, 2.05) is 24.0 Å². The monoisotopic (exact) mass is 346 g/mol. The van der Waals surface area contributed by atoms with Crippen LogP contribution in [0.5, 0.6) is 0 Å². The number of anilines is 1. The zero-order valence-corrected chi connectivity index (χ0v) is 15.5. The van der Waals surface area contributed by atoms with E-state index < -0.39 is 0 Å². The van der Waals surface area contributed by atoms with Crippen LogP contribution in [-0.4, -0.2) is 23.4 Å². The van der Waals surface area contributed by atoms with Gasteiger partial charge in [-0.05, 0) is 50.5 Å². The summed E-state index contributed by atoms with van der Waals surface area (Å²) in [7, 11) is 0. The minimum absolute atomic E-state index is 0. The van der Waals surface area contributed by atoms with Gasteiger partial charge in [-0.25, -0.2) is 0 Å². The maximum Gasteiger partial charge on any atom is 0.254 e. The Morgan fingerprint density at radius 2 is 1.79 bits per heavy atom. The molecule has 130 valence electrons. The molecular formula is C20H27ClN2O. The van der Waals surface area contributed by atoms with Gasteiger partial charge in [-0.2, -0.15) is 0 Å². The standard InChI is InChI=1S/C20H26N2O.ClH/c1-4-19(13-16-11-9-15(3)10-12-16)22(5-2)20(23)17-7-6-8-18(21)14-17;/h6-12,14,19H,4-5,13,21H2,1-3H3;1H. The van der Waals surface area contributed by atoms with Crippen LogP contribution in [0.1, 0.15) is 41.8 Å². The van der Waals surface area contributed by atoms with Crippen LogP contribution in [0.25, 0.3) is 0 Å². The lowest BCUT2D eigenvalue weighted by Gasteiger charge is -2.30. The normalized spacial score (nSPS) is 11.5. The number of likely N-dealkylation sites (N-methyl/N-ethyl adjacent to an activating group) is 1. The van der Waals surface area contributed by atoms with Crippen molar-refractivity contribution in [3.63, 3.8) is 0 Å². The zero-order chi connectivity index (χ0) is 16.8. The van der Waals surface area contributed by atoms with E-state index in [0.717, 1.165) is 12.8 Å². The van der Waals surface area contributed by atoms with Gasteiger partial charge in [-0.1, -0.05) is 42.8 Å². The van der Waals surface area contributed by atoms with E-state index in [-0.39, 0.29) is 24.4 Å². The molecule has 4 heteroatoms. The fraction of sp³-hybridized carbons (Fsp3) is 0.350. The topological polar surface area (TPSA) is 46.3 Å². The Morgan fingerprint density at radius 3 is 2.33 bits per heavy atom. The summed E-state index contributed by atoms with van der Waals surface area (Å²) >= 11 is 0. The van der Waals surface area contributed by atoms with Gasteiger partial charge in [0.05, 0.1) is 0 Å². The molecule has 0 saturated heterocycles. The average molecular weight is 347 g/mol. The third-order valence-electron chi connectivity index (χ3n) is 4.24. The Bertz CT molecular complexity index is 655. The van der Waals surface area contributed by atoms with Crippen LogP contribution >= 0.6 is 12.4 Å². The molecule has 0 heterocycles. The number of nitrogen functional groups attached to an aromatic ring is 1. The fourth-order valence-corrected chi connectivity index (χ4v) is 2.88. The summed E-state index contributed by atoms with van der Waals surface area (Å²) in [5.41, 5.74) is 9.62. The summed E-state index contributed by atoms with van der Waals surface area (Å²) in [6.07, 6.45) is 1.80. The molecule has 0 fully saturated rings. The van der Waals surface area contributed by atoms with Crippen LogP contribution in [-0.2, 0) is 6.42 Å². The average Bonchev–Trinajstić information content (AvgIpc) is 2.56. The lowest BCUT2D eigenvalue weighted by atomic mass is 10.0. The number of halogens is 1. The van der Waals surface area contributed by atoms with Gasteiger partial charge in [0, 0.05) is 23.8 Å².